The van der Waals surface area contributed by atoms with Crippen LogP contribution in [-0.4, -0.2) is 28.6 Å². The van der Waals surface area contributed by atoms with E-state index in [1.165, 1.54) is 5.56 Å². The zero-order valence-corrected chi connectivity index (χ0v) is 12.1. The SMILES string of the molecule is CCn1ccnc1C(=O)NC[C@H]1CCOc2ccccc21. The molecule has 1 aliphatic rings. The molecule has 1 aromatic carbocycles. The molecule has 0 saturated carbocycles. The average Bonchev–Trinajstić information content (AvgIpc) is 3.01. The van der Waals surface area contributed by atoms with Crippen LogP contribution in [0.1, 0.15) is 35.4 Å². The highest BCUT2D eigenvalue weighted by molar-refractivity contribution is 5.90. The van der Waals surface area contributed by atoms with Gasteiger partial charge in [0.25, 0.3) is 5.91 Å². The molecular formula is C16H19N3O2. The topological polar surface area (TPSA) is 56.2 Å². The van der Waals surface area contributed by atoms with E-state index in [9.17, 15) is 4.79 Å². The Morgan fingerprint density at radius 1 is 1.48 bits per heavy atom. The number of ether oxygens (including phenoxy) is 1. The molecule has 0 unspecified atom stereocenters. The molecule has 0 saturated heterocycles. The van der Waals surface area contributed by atoms with E-state index in [-0.39, 0.29) is 5.91 Å². The van der Waals surface area contributed by atoms with E-state index in [0.29, 0.717) is 24.9 Å². The van der Waals surface area contributed by atoms with Gasteiger partial charge in [-0.25, -0.2) is 4.98 Å². The van der Waals surface area contributed by atoms with Gasteiger partial charge in [-0.05, 0) is 25.0 Å². The first kappa shape index (κ1) is 13.7. The first-order chi connectivity index (χ1) is 10.3. The second-order valence-corrected chi connectivity index (χ2v) is 5.12. The normalized spacial score (nSPS) is 16.9. The van der Waals surface area contributed by atoms with Crippen molar-refractivity contribution in [3.8, 4) is 5.75 Å². The van der Waals surface area contributed by atoms with Gasteiger partial charge >= 0.3 is 0 Å². The molecule has 1 aliphatic heterocycles. The van der Waals surface area contributed by atoms with Crippen molar-refractivity contribution in [2.45, 2.75) is 25.8 Å². The molecule has 1 amide bonds. The Labute approximate surface area is 124 Å². The first-order valence-electron chi connectivity index (χ1n) is 7.30. The third-order valence-electron chi connectivity index (χ3n) is 3.85. The molecule has 0 bridgehead atoms. The van der Waals surface area contributed by atoms with E-state index < -0.39 is 0 Å². The minimum Gasteiger partial charge on any atom is -0.493 e. The standard InChI is InChI=1S/C16H19N3O2/c1-2-19-9-8-17-15(19)16(20)18-11-12-7-10-21-14-6-4-3-5-13(12)14/h3-6,8-9,12H,2,7,10-11H2,1H3,(H,18,20)/t12-/m1/s1. The fraction of sp³-hybridized carbons (Fsp3) is 0.375. The molecule has 21 heavy (non-hydrogen) atoms. The Morgan fingerprint density at radius 3 is 3.19 bits per heavy atom. The molecule has 0 aliphatic carbocycles. The molecule has 0 radical (unpaired) electrons. The van der Waals surface area contributed by atoms with Crippen molar-refractivity contribution in [2.24, 2.45) is 0 Å². The van der Waals surface area contributed by atoms with E-state index in [1.807, 2.05) is 35.9 Å². The number of para-hydroxylation sites is 1. The van der Waals surface area contributed by atoms with Crippen LogP contribution in [0.25, 0.3) is 0 Å². The summed E-state index contributed by atoms with van der Waals surface area (Å²) in [4.78, 5) is 16.3. The molecule has 5 nitrogen and oxygen atoms in total. The summed E-state index contributed by atoms with van der Waals surface area (Å²) in [6.07, 6.45) is 4.39. The van der Waals surface area contributed by atoms with Crippen LogP contribution in [-0.2, 0) is 6.54 Å². The number of carbonyl (C=O) groups is 1. The molecule has 1 N–H and O–H groups in total. The van der Waals surface area contributed by atoms with Crippen LogP contribution in [0.4, 0.5) is 0 Å². The van der Waals surface area contributed by atoms with Gasteiger partial charge in [-0.2, -0.15) is 0 Å². The van der Waals surface area contributed by atoms with Crippen molar-refractivity contribution in [3.63, 3.8) is 0 Å². The molecule has 3 rings (SSSR count). The number of benzene rings is 1. The van der Waals surface area contributed by atoms with Gasteiger partial charge in [-0.3, -0.25) is 4.79 Å². The average molecular weight is 285 g/mol. The molecule has 1 atom stereocenters. The minimum absolute atomic E-state index is 0.120. The summed E-state index contributed by atoms with van der Waals surface area (Å²) < 4.78 is 7.48. The third-order valence-corrected chi connectivity index (χ3v) is 3.85. The Kier molecular flexibility index (Phi) is 3.90. The summed E-state index contributed by atoms with van der Waals surface area (Å²) in [7, 11) is 0. The second-order valence-electron chi connectivity index (χ2n) is 5.12. The van der Waals surface area contributed by atoms with Gasteiger partial charge in [0.05, 0.1) is 6.61 Å². The highest BCUT2D eigenvalue weighted by Gasteiger charge is 2.22. The number of imidazole rings is 1. The number of hydrogen-bond donors (Lipinski definition) is 1. The van der Waals surface area contributed by atoms with Crippen LogP contribution in [0.2, 0.25) is 0 Å². The molecule has 2 heterocycles. The molecule has 110 valence electrons. The predicted molar refractivity (Wildman–Crippen MR) is 79.5 cm³/mol. The van der Waals surface area contributed by atoms with E-state index in [0.717, 1.165) is 18.7 Å². The van der Waals surface area contributed by atoms with Crippen molar-refractivity contribution >= 4 is 5.91 Å². The maximum atomic E-state index is 12.2. The van der Waals surface area contributed by atoms with Gasteiger partial charge in [0.15, 0.2) is 5.82 Å². The van der Waals surface area contributed by atoms with E-state index in [2.05, 4.69) is 16.4 Å². The monoisotopic (exact) mass is 285 g/mol. The Bertz CT molecular complexity index is 636. The van der Waals surface area contributed by atoms with Gasteiger partial charge in [0.2, 0.25) is 0 Å². The van der Waals surface area contributed by atoms with Gasteiger partial charge in [-0.1, -0.05) is 18.2 Å². The van der Waals surface area contributed by atoms with Crippen molar-refractivity contribution in [2.75, 3.05) is 13.2 Å². The Hall–Kier alpha value is -2.30. The minimum atomic E-state index is -0.120. The van der Waals surface area contributed by atoms with Gasteiger partial charge in [0, 0.05) is 31.4 Å². The molecule has 1 aromatic heterocycles. The van der Waals surface area contributed by atoms with Crippen LogP contribution in [0, 0.1) is 0 Å². The van der Waals surface area contributed by atoms with Crippen molar-refractivity contribution < 1.29 is 9.53 Å². The van der Waals surface area contributed by atoms with Gasteiger partial charge < -0.3 is 14.6 Å². The van der Waals surface area contributed by atoms with Crippen LogP contribution in [0.5, 0.6) is 5.75 Å². The summed E-state index contributed by atoms with van der Waals surface area (Å²) >= 11 is 0. The number of hydrogen-bond acceptors (Lipinski definition) is 3. The highest BCUT2D eigenvalue weighted by atomic mass is 16.5. The van der Waals surface area contributed by atoms with Gasteiger partial charge in [0.1, 0.15) is 5.75 Å². The highest BCUT2D eigenvalue weighted by Crippen LogP contribution is 2.32. The number of rotatable bonds is 4. The zero-order chi connectivity index (χ0) is 14.7. The fourth-order valence-electron chi connectivity index (χ4n) is 2.70. The van der Waals surface area contributed by atoms with Crippen LogP contribution in [0.15, 0.2) is 36.7 Å². The van der Waals surface area contributed by atoms with Crippen molar-refractivity contribution in [1.82, 2.24) is 14.9 Å². The molecule has 0 spiro atoms. The summed E-state index contributed by atoms with van der Waals surface area (Å²) in [5.41, 5.74) is 1.17. The number of amides is 1. The third kappa shape index (κ3) is 2.77. The summed E-state index contributed by atoms with van der Waals surface area (Å²) in [6, 6.07) is 8.02. The predicted octanol–water partition coefficient (Wildman–Crippen LogP) is 2.20. The van der Waals surface area contributed by atoms with Crippen LogP contribution >= 0.6 is 0 Å². The molecule has 2 aromatic rings. The maximum absolute atomic E-state index is 12.2. The van der Waals surface area contributed by atoms with Crippen molar-refractivity contribution in [1.29, 1.82) is 0 Å². The number of aromatic nitrogens is 2. The molecular weight excluding hydrogens is 266 g/mol. The summed E-state index contributed by atoms with van der Waals surface area (Å²) in [5.74, 6) is 1.57. The fourth-order valence-corrected chi connectivity index (χ4v) is 2.70. The van der Waals surface area contributed by atoms with Crippen molar-refractivity contribution in [3.05, 3.63) is 48.0 Å². The number of fused-ring (bicyclic) bond motifs is 1. The van der Waals surface area contributed by atoms with Gasteiger partial charge in [-0.15, -0.1) is 0 Å². The molecule has 5 heteroatoms. The van der Waals surface area contributed by atoms with Crippen LogP contribution in [0.3, 0.4) is 0 Å². The van der Waals surface area contributed by atoms with E-state index in [1.54, 1.807) is 6.20 Å². The zero-order valence-electron chi connectivity index (χ0n) is 12.1. The second kappa shape index (κ2) is 5.99. The van der Waals surface area contributed by atoms with Crippen LogP contribution < -0.4 is 10.1 Å². The smallest absolute Gasteiger partial charge is 0.287 e. The maximum Gasteiger partial charge on any atom is 0.287 e. The van der Waals surface area contributed by atoms with E-state index in [4.69, 9.17) is 4.74 Å². The Balaban J connectivity index is 1.67. The lowest BCUT2D eigenvalue weighted by atomic mass is 9.93. The Morgan fingerprint density at radius 2 is 2.33 bits per heavy atom. The number of nitrogens with zero attached hydrogens (tertiary/aromatic N) is 2. The number of carbonyl (C=O) groups excluding carboxylic acids is 1. The first-order valence-corrected chi connectivity index (χ1v) is 7.30. The summed E-state index contributed by atoms with van der Waals surface area (Å²) in [6.45, 7) is 4.03. The largest absolute Gasteiger partial charge is 0.493 e. The number of aryl methyl sites for hydroxylation is 1. The van der Waals surface area contributed by atoms with E-state index >= 15 is 0 Å². The molecule has 0 fully saturated rings. The lowest BCUT2D eigenvalue weighted by Gasteiger charge is -2.25. The number of nitrogens with one attached hydrogen (secondary N) is 1. The lowest BCUT2D eigenvalue weighted by molar-refractivity contribution is 0.0933. The summed E-state index contributed by atoms with van der Waals surface area (Å²) in [5, 5.41) is 2.99. The quantitative estimate of drug-likeness (QED) is 0.937. The lowest BCUT2D eigenvalue weighted by Crippen LogP contribution is -2.32.